The highest BCUT2D eigenvalue weighted by molar-refractivity contribution is 6.19. The van der Waals surface area contributed by atoms with Crippen LogP contribution in [0.5, 0.6) is 0 Å². The van der Waals surface area contributed by atoms with Gasteiger partial charge in [0.2, 0.25) is 5.91 Å². The Hall–Kier alpha value is -1.23. The SMILES string of the molecule is CC(CCl)C(=O)NCc1ccc(C(F)(F)F)cc1. The van der Waals surface area contributed by atoms with Gasteiger partial charge in [0, 0.05) is 18.3 Å². The smallest absolute Gasteiger partial charge is 0.352 e. The third-order valence-corrected chi connectivity index (χ3v) is 2.89. The predicted molar refractivity (Wildman–Crippen MR) is 63.2 cm³/mol. The second kappa shape index (κ2) is 6.09. The summed E-state index contributed by atoms with van der Waals surface area (Å²) in [6.07, 6.45) is -4.34. The van der Waals surface area contributed by atoms with E-state index in [2.05, 4.69) is 5.32 Å². The summed E-state index contributed by atoms with van der Waals surface area (Å²) in [7, 11) is 0. The minimum absolute atomic E-state index is 0.193. The summed E-state index contributed by atoms with van der Waals surface area (Å²) in [6.45, 7) is 1.87. The highest BCUT2D eigenvalue weighted by atomic mass is 35.5. The van der Waals surface area contributed by atoms with Crippen molar-refractivity contribution >= 4 is 17.5 Å². The van der Waals surface area contributed by atoms with Gasteiger partial charge in [0.1, 0.15) is 0 Å². The summed E-state index contributed by atoms with van der Waals surface area (Å²) >= 11 is 5.51. The monoisotopic (exact) mass is 279 g/mol. The summed E-state index contributed by atoms with van der Waals surface area (Å²) in [4.78, 5) is 11.4. The van der Waals surface area contributed by atoms with Gasteiger partial charge in [-0.25, -0.2) is 0 Å². The summed E-state index contributed by atoms with van der Waals surface area (Å²) in [5.41, 5.74) is -0.0928. The van der Waals surface area contributed by atoms with Gasteiger partial charge < -0.3 is 5.32 Å². The van der Waals surface area contributed by atoms with Crippen molar-refractivity contribution in [3.63, 3.8) is 0 Å². The van der Waals surface area contributed by atoms with E-state index in [1.165, 1.54) is 12.1 Å². The summed E-state index contributed by atoms with van der Waals surface area (Å²) in [6, 6.07) is 4.67. The molecule has 100 valence electrons. The van der Waals surface area contributed by atoms with Crippen molar-refractivity contribution in [3.05, 3.63) is 35.4 Å². The maximum atomic E-state index is 12.3. The van der Waals surface area contributed by atoms with Crippen LogP contribution < -0.4 is 5.32 Å². The van der Waals surface area contributed by atoms with Gasteiger partial charge in [0.05, 0.1) is 5.56 Å². The van der Waals surface area contributed by atoms with Crippen LogP contribution in [0, 0.1) is 5.92 Å². The Morgan fingerprint density at radius 3 is 2.33 bits per heavy atom. The van der Waals surface area contributed by atoms with Gasteiger partial charge in [-0.05, 0) is 17.7 Å². The first kappa shape index (κ1) is 14.8. The molecule has 0 saturated heterocycles. The molecular weight excluding hydrogens is 267 g/mol. The molecule has 0 saturated carbocycles. The molecule has 0 spiro atoms. The van der Waals surface area contributed by atoms with Crippen LogP contribution >= 0.6 is 11.6 Å². The maximum Gasteiger partial charge on any atom is 0.416 e. The van der Waals surface area contributed by atoms with Crippen LogP contribution in [0.25, 0.3) is 0 Å². The number of hydrogen-bond acceptors (Lipinski definition) is 1. The second-order valence-corrected chi connectivity index (χ2v) is 4.28. The lowest BCUT2D eigenvalue weighted by Gasteiger charge is -2.10. The molecule has 1 amide bonds. The Morgan fingerprint density at radius 2 is 1.89 bits per heavy atom. The van der Waals surface area contributed by atoms with Crippen molar-refractivity contribution in [2.45, 2.75) is 19.6 Å². The Labute approximate surface area is 108 Å². The lowest BCUT2D eigenvalue weighted by molar-refractivity contribution is -0.137. The topological polar surface area (TPSA) is 29.1 Å². The minimum Gasteiger partial charge on any atom is -0.352 e. The average Bonchev–Trinajstić information content (AvgIpc) is 2.34. The molecule has 0 heterocycles. The molecule has 0 radical (unpaired) electrons. The quantitative estimate of drug-likeness (QED) is 0.843. The molecule has 2 nitrogen and oxygen atoms in total. The van der Waals surface area contributed by atoms with Crippen molar-refractivity contribution in [2.75, 3.05) is 5.88 Å². The summed E-state index contributed by atoms with van der Waals surface area (Å²) < 4.78 is 36.9. The van der Waals surface area contributed by atoms with E-state index in [0.717, 1.165) is 12.1 Å². The van der Waals surface area contributed by atoms with Gasteiger partial charge in [-0.15, -0.1) is 11.6 Å². The molecule has 0 bridgehead atoms. The number of benzene rings is 1. The normalized spacial score (nSPS) is 13.2. The van der Waals surface area contributed by atoms with Gasteiger partial charge in [-0.2, -0.15) is 13.2 Å². The molecule has 1 aromatic rings. The van der Waals surface area contributed by atoms with Crippen LogP contribution in [-0.2, 0) is 17.5 Å². The van der Waals surface area contributed by atoms with Crippen molar-refractivity contribution in [1.29, 1.82) is 0 Å². The highest BCUT2D eigenvalue weighted by Crippen LogP contribution is 2.28. The molecule has 1 atom stereocenters. The molecule has 0 aliphatic heterocycles. The number of rotatable bonds is 4. The fourth-order valence-electron chi connectivity index (χ4n) is 1.25. The molecule has 1 rings (SSSR count). The predicted octanol–water partition coefficient (Wildman–Crippen LogP) is 3.20. The van der Waals surface area contributed by atoms with E-state index in [4.69, 9.17) is 11.6 Å². The number of carbonyl (C=O) groups excluding carboxylic acids is 1. The van der Waals surface area contributed by atoms with Gasteiger partial charge >= 0.3 is 6.18 Å². The lowest BCUT2D eigenvalue weighted by atomic mass is 10.1. The van der Waals surface area contributed by atoms with Crippen LogP contribution in [0.4, 0.5) is 13.2 Å². The van der Waals surface area contributed by atoms with E-state index < -0.39 is 11.7 Å². The van der Waals surface area contributed by atoms with Crippen LogP contribution in [0.2, 0.25) is 0 Å². The summed E-state index contributed by atoms with van der Waals surface area (Å²) in [5.74, 6) is -0.329. The van der Waals surface area contributed by atoms with Gasteiger partial charge in [-0.1, -0.05) is 19.1 Å². The molecule has 1 N–H and O–H groups in total. The van der Waals surface area contributed by atoms with Crippen LogP contribution in [0.3, 0.4) is 0 Å². The Bertz CT molecular complexity index is 403. The Morgan fingerprint density at radius 1 is 1.33 bits per heavy atom. The molecule has 6 heteroatoms. The van der Waals surface area contributed by atoms with Crippen molar-refractivity contribution in [3.8, 4) is 0 Å². The standard InChI is InChI=1S/C12H13ClF3NO/c1-8(6-13)11(18)17-7-9-2-4-10(5-3-9)12(14,15)16/h2-5,8H,6-7H2,1H3,(H,17,18). The molecule has 1 aromatic carbocycles. The van der Waals surface area contributed by atoms with Crippen LogP contribution in [0.15, 0.2) is 24.3 Å². The Kier molecular flexibility index (Phi) is 5.02. The van der Waals surface area contributed by atoms with Crippen molar-refractivity contribution in [1.82, 2.24) is 5.32 Å². The van der Waals surface area contributed by atoms with Crippen molar-refractivity contribution in [2.24, 2.45) is 5.92 Å². The zero-order chi connectivity index (χ0) is 13.8. The largest absolute Gasteiger partial charge is 0.416 e. The first-order chi connectivity index (χ1) is 8.34. The minimum atomic E-state index is -4.34. The number of hydrogen-bond donors (Lipinski definition) is 1. The van der Waals surface area contributed by atoms with Crippen LogP contribution in [0.1, 0.15) is 18.1 Å². The number of halogens is 4. The zero-order valence-electron chi connectivity index (χ0n) is 9.72. The van der Waals surface area contributed by atoms with E-state index in [0.29, 0.717) is 5.56 Å². The van der Waals surface area contributed by atoms with E-state index in [9.17, 15) is 18.0 Å². The molecule has 0 fully saturated rings. The molecule has 18 heavy (non-hydrogen) atoms. The van der Waals surface area contributed by atoms with Crippen molar-refractivity contribution < 1.29 is 18.0 Å². The zero-order valence-corrected chi connectivity index (χ0v) is 10.5. The maximum absolute atomic E-state index is 12.3. The number of carbonyl (C=O) groups is 1. The molecule has 0 aliphatic rings. The molecule has 1 unspecified atom stereocenters. The third-order valence-electron chi connectivity index (χ3n) is 2.43. The van der Waals surface area contributed by atoms with E-state index in [1.807, 2.05) is 0 Å². The van der Waals surface area contributed by atoms with E-state index >= 15 is 0 Å². The number of alkyl halides is 4. The molecule has 0 aliphatic carbocycles. The number of amides is 1. The fourth-order valence-corrected chi connectivity index (χ4v) is 1.39. The Balaban J connectivity index is 2.57. The summed E-state index contributed by atoms with van der Waals surface area (Å²) in [5, 5.41) is 2.60. The third kappa shape index (κ3) is 4.22. The van der Waals surface area contributed by atoms with Gasteiger partial charge in [0.25, 0.3) is 0 Å². The highest BCUT2D eigenvalue weighted by Gasteiger charge is 2.29. The van der Waals surface area contributed by atoms with E-state index in [1.54, 1.807) is 6.92 Å². The fraction of sp³-hybridized carbons (Fsp3) is 0.417. The average molecular weight is 280 g/mol. The second-order valence-electron chi connectivity index (χ2n) is 3.97. The number of nitrogens with one attached hydrogen (secondary N) is 1. The first-order valence-electron chi connectivity index (χ1n) is 5.34. The molecular formula is C12H13ClF3NO. The van der Waals surface area contributed by atoms with Gasteiger partial charge in [0.15, 0.2) is 0 Å². The van der Waals surface area contributed by atoms with Gasteiger partial charge in [-0.3, -0.25) is 4.79 Å². The van der Waals surface area contributed by atoms with E-state index in [-0.39, 0.29) is 24.2 Å². The molecule has 0 aromatic heterocycles. The van der Waals surface area contributed by atoms with Crippen LogP contribution in [-0.4, -0.2) is 11.8 Å². The first-order valence-corrected chi connectivity index (χ1v) is 5.88. The lowest BCUT2D eigenvalue weighted by Crippen LogP contribution is -2.29.